The summed E-state index contributed by atoms with van der Waals surface area (Å²) in [6.07, 6.45) is 6.76. The quantitative estimate of drug-likeness (QED) is 0.641. The molecule has 0 aliphatic carbocycles. The molecule has 1 aliphatic heterocycles. The number of halogens is 1. The van der Waals surface area contributed by atoms with Crippen molar-refractivity contribution >= 4 is 11.6 Å². The van der Waals surface area contributed by atoms with Gasteiger partial charge in [-0.05, 0) is 12.5 Å². The fourth-order valence-corrected chi connectivity index (χ4v) is 3.01. The molecule has 0 aromatic carbocycles. The van der Waals surface area contributed by atoms with Crippen LogP contribution in [0.25, 0.3) is 0 Å². The van der Waals surface area contributed by atoms with Gasteiger partial charge >= 0.3 is 0 Å². The lowest BCUT2D eigenvalue weighted by Gasteiger charge is -2.35. The van der Waals surface area contributed by atoms with E-state index in [9.17, 15) is 0 Å². The van der Waals surface area contributed by atoms with E-state index in [4.69, 9.17) is 11.6 Å². The van der Waals surface area contributed by atoms with Crippen molar-refractivity contribution in [3.05, 3.63) is 29.0 Å². The number of aromatic nitrogens is 1. The molecule has 0 saturated carbocycles. The third-order valence-corrected chi connectivity index (χ3v) is 4.14. The highest BCUT2D eigenvalue weighted by atomic mass is 35.5. The van der Waals surface area contributed by atoms with Crippen LogP contribution in [0.1, 0.15) is 44.2 Å². The molecule has 0 radical (unpaired) electrons. The van der Waals surface area contributed by atoms with Crippen molar-refractivity contribution in [3.8, 4) is 0 Å². The van der Waals surface area contributed by atoms with Crippen LogP contribution in [0.3, 0.4) is 0 Å². The summed E-state index contributed by atoms with van der Waals surface area (Å²) in [5.74, 6) is 0. The molecule has 1 aliphatic rings. The van der Waals surface area contributed by atoms with Gasteiger partial charge in [0.2, 0.25) is 0 Å². The first kappa shape index (κ1) is 14.8. The lowest BCUT2D eigenvalue weighted by Crippen LogP contribution is -2.45. The predicted octanol–water partition coefficient (Wildman–Crippen LogP) is 3.26. The minimum Gasteiger partial charge on any atom is -0.314 e. The maximum atomic E-state index is 6.30. The van der Waals surface area contributed by atoms with Gasteiger partial charge in [0.15, 0.2) is 0 Å². The van der Waals surface area contributed by atoms with E-state index in [1.807, 2.05) is 6.07 Å². The summed E-state index contributed by atoms with van der Waals surface area (Å²) < 4.78 is 0. The molecule has 2 rings (SSSR count). The molecule has 106 valence electrons. The Kier molecular flexibility index (Phi) is 6.08. The largest absolute Gasteiger partial charge is 0.314 e. The number of unbranched alkanes of at least 4 members (excludes halogenated alkanes) is 2. The molecule has 1 atom stereocenters. The van der Waals surface area contributed by atoms with Crippen molar-refractivity contribution in [2.24, 2.45) is 0 Å². The van der Waals surface area contributed by atoms with Gasteiger partial charge < -0.3 is 5.32 Å². The van der Waals surface area contributed by atoms with Crippen molar-refractivity contribution in [2.45, 2.75) is 38.6 Å². The fraction of sp³-hybridized carbons (Fsp3) is 0.667. The number of hydrogen-bond acceptors (Lipinski definition) is 3. The number of rotatable bonds is 6. The van der Waals surface area contributed by atoms with E-state index in [1.165, 1.54) is 31.2 Å². The average Bonchev–Trinajstić information content (AvgIpc) is 2.46. The van der Waals surface area contributed by atoms with Crippen molar-refractivity contribution in [1.82, 2.24) is 15.2 Å². The first-order chi connectivity index (χ1) is 9.33. The van der Waals surface area contributed by atoms with Crippen molar-refractivity contribution in [3.63, 3.8) is 0 Å². The maximum absolute atomic E-state index is 6.30. The zero-order valence-electron chi connectivity index (χ0n) is 11.7. The highest BCUT2D eigenvalue weighted by molar-refractivity contribution is 6.30. The Morgan fingerprint density at radius 1 is 1.37 bits per heavy atom. The second kappa shape index (κ2) is 7.83. The van der Waals surface area contributed by atoms with Gasteiger partial charge in [-0.1, -0.05) is 43.9 Å². The van der Waals surface area contributed by atoms with Crippen molar-refractivity contribution in [2.75, 3.05) is 26.2 Å². The maximum Gasteiger partial charge on any atom is 0.133 e. The second-order valence-corrected chi connectivity index (χ2v) is 5.54. The Morgan fingerprint density at radius 3 is 2.84 bits per heavy atom. The van der Waals surface area contributed by atoms with Gasteiger partial charge in [0.05, 0.1) is 0 Å². The Labute approximate surface area is 121 Å². The zero-order chi connectivity index (χ0) is 13.5. The van der Waals surface area contributed by atoms with E-state index in [1.54, 1.807) is 6.20 Å². The Balaban J connectivity index is 2.10. The minimum atomic E-state index is 0.426. The van der Waals surface area contributed by atoms with Gasteiger partial charge in [-0.2, -0.15) is 0 Å². The summed E-state index contributed by atoms with van der Waals surface area (Å²) in [7, 11) is 0. The normalized spacial score (nSPS) is 18.4. The summed E-state index contributed by atoms with van der Waals surface area (Å²) in [4.78, 5) is 6.80. The Bertz CT molecular complexity index is 377. The predicted molar refractivity (Wildman–Crippen MR) is 80.6 cm³/mol. The third kappa shape index (κ3) is 4.16. The monoisotopic (exact) mass is 281 g/mol. The average molecular weight is 282 g/mol. The molecular formula is C15H24ClN3. The summed E-state index contributed by atoms with van der Waals surface area (Å²) in [5, 5.41) is 4.08. The summed E-state index contributed by atoms with van der Waals surface area (Å²) in [5.41, 5.74) is 1.20. The van der Waals surface area contributed by atoms with Crippen LogP contribution in [0, 0.1) is 0 Å². The van der Waals surface area contributed by atoms with Crippen LogP contribution in [-0.4, -0.2) is 36.1 Å². The summed E-state index contributed by atoms with van der Waals surface area (Å²) >= 11 is 6.30. The van der Waals surface area contributed by atoms with E-state index in [0.717, 1.165) is 26.2 Å². The number of pyridine rings is 1. The smallest absolute Gasteiger partial charge is 0.133 e. The third-order valence-electron chi connectivity index (χ3n) is 3.82. The second-order valence-electron chi connectivity index (χ2n) is 5.18. The summed E-state index contributed by atoms with van der Waals surface area (Å²) in [6, 6.07) is 4.55. The molecule has 1 fully saturated rings. The fourth-order valence-electron chi connectivity index (χ4n) is 2.76. The lowest BCUT2D eigenvalue weighted by molar-refractivity contribution is 0.162. The topological polar surface area (TPSA) is 28.2 Å². The van der Waals surface area contributed by atoms with Crippen LogP contribution in [0.15, 0.2) is 18.3 Å². The highest BCUT2D eigenvalue weighted by Crippen LogP contribution is 2.30. The number of nitrogens with one attached hydrogen (secondary N) is 1. The number of nitrogens with zero attached hydrogens (tertiary/aromatic N) is 2. The Morgan fingerprint density at radius 2 is 2.16 bits per heavy atom. The lowest BCUT2D eigenvalue weighted by atomic mass is 9.99. The van der Waals surface area contributed by atoms with E-state index in [-0.39, 0.29) is 0 Å². The van der Waals surface area contributed by atoms with Crippen LogP contribution < -0.4 is 5.32 Å². The molecule has 2 heterocycles. The van der Waals surface area contributed by atoms with Crippen LogP contribution in [-0.2, 0) is 0 Å². The molecule has 1 N–H and O–H groups in total. The molecule has 3 nitrogen and oxygen atoms in total. The van der Waals surface area contributed by atoms with Gasteiger partial charge in [0.1, 0.15) is 5.15 Å². The van der Waals surface area contributed by atoms with E-state index in [0.29, 0.717) is 11.2 Å². The molecule has 19 heavy (non-hydrogen) atoms. The van der Waals surface area contributed by atoms with Gasteiger partial charge in [-0.3, -0.25) is 4.90 Å². The minimum absolute atomic E-state index is 0.426. The molecule has 4 heteroatoms. The molecule has 0 unspecified atom stereocenters. The molecule has 0 spiro atoms. The molecule has 1 aromatic rings. The highest BCUT2D eigenvalue weighted by Gasteiger charge is 2.23. The molecule has 0 amide bonds. The van der Waals surface area contributed by atoms with Crippen LogP contribution >= 0.6 is 11.6 Å². The number of piperazine rings is 1. The molecule has 1 aromatic heterocycles. The van der Waals surface area contributed by atoms with E-state index < -0.39 is 0 Å². The summed E-state index contributed by atoms with van der Waals surface area (Å²) in [6.45, 7) is 6.59. The standard InChI is InChI=1S/C15H24ClN3/c1-2-3-4-7-14(19-11-9-17-10-12-19)13-6-5-8-18-15(13)16/h5-6,8,14,17H,2-4,7,9-12H2,1H3/t14-/m0/s1. The van der Waals surface area contributed by atoms with Crippen LogP contribution in [0.4, 0.5) is 0 Å². The molecule has 1 saturated heterocycles. The first-order valence-electron chi connectivity index (χ1n) is 7.38. The molecule has 0 bridgehead atoms. The van der Waals surface area contributed by atoms with Gasteiger partial charge in [-0.15, -0.1) is 0 Å². The Hall–Kier alpha value is -0.640. The van der Waals surface area contributed by atoms with Gasteiger partial charge in [0.25, 0.3) is 0 Å². The van der Waals surface area contributed by atoms with E-state index >= 15 is 0 Å². The SMILES string of the molecule is CCCCC[C@@H](c1cccnc1Cl)N1CCNCC1. The van der Waals surface area contributed by atoms with E-state index in [2.05, 4.69) is 28.2 Å². The molecular weight excluding hydrogens is 258 g/mol. The van der Waals surface area contributed by atoms with Gasteiger partial charge in [-0.25, -0.2) is 4.98 Å². The number of hydrogen-bond donors (Lipinski definition) is 1. The van der Waals surface area contributed by atoms with Crippen LogP contribution in [0.2, 0.25) is 5.15 Å². The zero-order valence-corrected chi connectivity index (χ0v) is 12.5. The van der Waals surface area contributed by atoms with Crippen molar-refractivity contribution < 1.29 is 0 Å². The van der Waals surface area contributed by atoms with Crippen molar-refractivity contribution in [1.29, 1.82) is 0 Å². The first-order valence-corrected chi connectivity index (χ1v) is 7.76. The van der Waals surface area contributed by atoms with Gasteiger partial charge in [0, 0.05) is 44.0 Å². The van der Waals surface area contributed by atoms with Crippen LogP contribution in [0.5, 0.6) is 0 Å².